The van der Waals surface area contributed by atoms with Crippen molar-refractivity contribution in [1.82, 2.24) is 0 Å². The average molecular weight is 306 g/mol. The highest BCUT2D eigenvalue weighted by Crippen LogP contribution is 2.23. The molecule has 0 aliphatic carbocycles. The second kappa shape index (κ2) is 7.16. The first-order valence-electron chi connectivity index (χ1n) is 6.53. The van der Waals surface area contributed by atoms with Crippen molar-refractivity contribution in [3.05, 3.63) is 24.3 Å². The topological polar surface area (TPSA) is 124 Å². The third kappa shape index (κ3) is 4.01. The second-order valence-corrected chi connectivity index (χ2v) is 4.32. The van der Waals surface area contributed by atoms with Crippen molar-refractivity contribution in [1.29, 1.82) is 0 Å². The van der Waals surface area contributed by atoms with E-state index in [2.05, 4.69) is 15.0 Å². The lowest BCUT2D eigenvalue weighted by molar-refractivity contribution is 0.152. The van der Waals surface area contributed by atoms with E-state index < -0.39 is 18.2 Å². The summed E-state index contributed by atoms with van der Waals surface area (Å²) >= 11 is 0. The van der Waals surface area contributed by atoms with Gasteiger partial charge >= 0.3 is 18.2 Å². The second-order valence-electron chi connectivity index (χ2n) is 4.32. The number of imide groups is 1. The van der Waals surface area contributed by atoms with E-state index in [1.54, 1.807) is 24.3 Å². The van der Waals surface area contributed by atoms with Gasteiger partial charge in [-0.2, -0.15) is 0 Å². The highest BCUT2D eigenvalue weighted by Gasteiger charge is 2.28. The summed E-state index contributed by atoms with van der Waals surface area (Å²) in [5, 5.41) is 6.35. The molecule has 0 fully saturated rings. The molecule has 0 atom stereocenters. The number of benzene rings is 1. The van der Waals surface area contributed by atoms with Crippen molar-refractivity contribution in [3.63, 3.8) is 0 Å². The molecule has 2 rings (SSSR count). The van der Waals surface area contributed by atoms with Crippen LogP contribution in [0.2, 0.25) is 0 Å². The quantitative estimate of drug-likeness (QED) is 0.775. The molecular formula is C13H14N4O5. The minimum atomic E-state index is -0.791. The van der Waals surface area contributed by atoms with Crippen LogP contribution in [0.1, 0.15) is 12.8 Å². The number of nitrogens with two attached hydrogens (primary N) is 1. The maximum atomic E-state index is 11.4. The number of rotatable bonds is 7. The Kier molecular flexibility index (Phi) is 5.02. The van der Waals surface area contributed by atoms with Crippen molar-refractivity contribution in [2.24, 2.45) is 16.0 Å². The lowest BCUT2D eigenvalue weighted by Gasteiger charge is -2.11. The highest BCUT2D eigenvalue weighted by molar-refractivity contribution is 6.17. The van der Waals surface area contributed by atoms with Crippen LogP contribution in [0, 0.1) is 0 Å². The molecule has 0 spiro atoms. The van der Waals surface area contributed by atoms with Crippen LogP contribution in [0.3, 0.4) is 0 Å². The van der Waals surface area contributed by atoms with Gasteiger partial charge in [-0.15, -0.1) is 0 Å². The van der Waals surface area contributed by atoms with Crippen molar-refractivity contribution in [2.75, 3.05) is 18.1 Å². The molecule has 0 radical (unpaired) electrons. The van der Waals surface area contributed by atoms with Crippen LogP contribution >= 0.6 is 0 Å². The van der Waals surface area contributed by atoms with E-state index >= 15 is 0 Å². The summed E-state index contributed by atoms with van der Waals surface area (Å²) in [6.07, 6.45) is 0.539. The molecule has 0 unspecified atom stereocenters. The fourth-order valence-corrected chi connectivity index (χ4v) is 1.74. The van der Waals surface area contributed by atoms with Gasteiger partial charge in [0, 0.05) is 0 Å². The molecule has 9 nitrogen and oxygen atoms in total. The number of nitrogens with zero attached hydrogens (tertiary/aromatic N) is 3. The molecular weight excluding hydrogens is 292 g/mol. The SMILES string of the molecule is NC(=O)OCCCCOc1ccc(N2C(=O)N=NC2=O)cc1. The van der Waals surface area contributed by atoms with Crippen LogP contribution in [0.4, 0.5) is 20.1 Å². The predicted molar refractivity (Wildman–Crippen MR) is 74.8 cm³/mol. The monoisotopic (exact) mass is 306 g/mol. The Hall–Kier alpha value is -2.97. The van der Waals surface area contributed by atoms with Crippen LogP contribution in [-0.4, -0.2) is 31.4 Å². The summed E-state index contributed by atoms with van der Waals surface area (Å²) in [6.45, 7) is 0.692. The maximum absolute atomic E-state index is 11.4. The number of carbonyl (C=O) groups is 3. The molecule has 1 aliphatic heterocycles. The van der Waals surface area contributed by atoms with Gasteiger partial charge in [-0.3, -0.25) is 0 Å². The number of anilines is 1. The third-order valence-corrected chi connectivity index (χ3v) is 2.75. The van der Waals surface area contributed by atoms with Gasteiger partial charge in [0.25, 0.3) is 0 Å². The predicted octanol–water partition coefficient (Wildman–Crippen LogP) is 2.45. The number of carbonyl (C=O) groups excluding carboxylic acids is 3. The maximum Gasteiger partial charge on any atom is 0.404 e. The molecule has 0 saturated carbocycles. The number of urea groups is 2. The number of unbranched alkanes of at least 4 members (excludes halogenated alkanes) is 1. The molecule has 0 bridgehead atoms. The largest absolute Gasteiger partial charge is 0.494 e. The summed E-state index contributed by atoms with van der Waals surface area (Å²) in [7, 11) is 0. The van der Waals surface area contributed by atoms with Gasteiger partial charge in [-0.25, -0.2) is 19.3 Å². The third-order valence-electron chi connectivity index (χ3n) is 2.75. The zero-order chi connectivity index (χ0) is 15.9. The zero-order valence-electron chi connectivity index (χ0n) is 11.6. The van der Waals surface area contributed by atoms with Gasteiger partial charge < -0.3 is 15.2 Å². The summed E-state index contributed by atoms with van der Waals surface area (Å²) in [5.74, 6) is 0.590. The van der Waals surface area contributed by atoms with Gasteiger partial charge in [0.15, 0.2) is 0 Å². The molecule has 0 aromatic heterocycles. The Morgan fingerprint density at radius 1 is 1.05 bits per heavy atom. The van der Waals surface area contributed by atoms with E-state index in [4.69, 9.17) is 10.5 Å². The molecule has 1 heterocycles. The summed E-state index contributed by atoms with van der Waals surface area (Å²) in [5.41, 5.74) is 5.20. The van der Waals surface area contributed by atoms with Gasteiger partial charge in [-0.1, -0.05) is 10.2 Å². The molecule has 22 heavy (non-hydrogen) atoms. The van der Waals surface area contributed by atoms with Crippen LogP contribution in [0.25, 0.3) is 0 Å². The van der Waals surface area contributed by atoms with Gasteiger partial charge in [0.2, 0.25) is 0 Å². The van der Waals surface area contributed by atoms with Crippen molar-refractivity contribution in [2.45, 2.75) is 12.8 Å². The zero-order valence-corrected chi connectivity index (χ0v) is 11.6. The Balaban J connectivity index is 1.77. The molecule has 116 valence electrons. The number of amides is 5. The number of hydrogen-bond donors (Lipinski definition) is 1. The minimum Gasteiger partial charge on any atom is -0.494 e. The Morgan fingerprint density at radius 2 is 1.64 bits per heavy atom. The van der Waals surface area contributed by atoms with Crippen LogP contribution in [-0.2, 0) is 4.74 Å². The number of primary amides is 1. The summed E-state index contributed by atoms with van der Waals surface area (Å²) < 4.78 is 10.1. The first-order chi connectivity index (χ1) is 10.6. The molecule has 0 saturated heterocycles. The standard InChI is InChI=1S/C13H14N4O5/c14-11(18)22-8-2-1-7-21-10-5-3-9(4-6-10)17-12(19)15-16-13(17)20/h3-6H,1-2,7-8H2,(H2,14,18). The minimum absolute atomic E-state index is 0.254. The van der Waals surface area contributed by atoms with Crippen molar-refractivity contribution < 1.29 is 23.9 Å². The molecule has 1 aliphatic rings. The number of ether oxygens (including phenoxy) is 2. The first kappa shape index (κ1) is 15.4. The van der Waals surface area contributed by atoms with Crippen molar-refractivity contribution in [3.8, 4) is 5.75 Å². The lowest BCUT2D eigenvalue weighted by Crippen LogP contribution is -2.27. The van der Waals surface area contributed by atoms with E-state index in [0.717, 1.165) is 4.90 Å². The average Bonchev–Trinajstić information content (AvgIpc) is 2.82. The fraction of sp³-hybridized carbons (Fsp3) is 0.308. The number of hydrogen-bond acceptors (Lipinski definition) is 5. The summed E-state index contributed by atoms with van der Waals surface area (Å²) in [4.78, 5) is 33.9. The molecule has 5 amide bonds. The normalized spacial score (nSPS) is 13.5. The smallest absolute Gasteiger partial charge is 0.404 e. The molecule has 1 aromatic rings. The van der Waals surface area contributed by atoms with Gasteiger partial charge in [0.1, 0.15) is 5.75 Å². The summed E-state index contributed by atoms with van der Waals surface area (Å²) in [6, 6.07) is 4.97. The molecule has 2 N–H and O–H groups in total. The van der Waals surface area contributed by atoms with E-state index in [9.17, 15) is 14.4 Å². The van der Waals surface area contributed by atoms with E-state index in [0.29, 0.717) is 30.9 Å². The van der Waals surface area contributed by atoms with Gasteiger partial charge in [0.05, 0.1) is 18.9 Å². The van der Waals surface area contributed by atoms with E-state index in [1.165, 1.54) is 0 Å². The van der Waals surface area contributed by atoms with Crippen molar-refractivity contribution >= 4 is 23.8 Å². The lowest BCUT2D eigenvalue weighted by atomic mass is 10.3. The molecule has 1 aromatic carbocycles. The van der Waals surface area contributed by atoms with Gasteiger partial charge in [-0.05, 0) is 37.1 Å². The Morgan fingerprint density at radius 3 is 2.23 bits per heavy atom. The molecule has 9 heteroatoms. The Labute approximate surface area is 125 Å². The highest BCUT2D eigenvalue weighted by atomic mass is 16.5. The van der Waals surface area contributed by atoms with Crippen LogP contribution in [0.15, 0.2) is 34.5 Å². The van der Waals surface area contributed by atoms with E-state index in [1.807, 2.05) is 0 Å². The van der Waals surface area contributed by atoms with Crippen LogP contribution in [0.5, 0.6) is 5.75 Å². The first-order valence-corrected chi connectivity index (χ1v) is 6.53. The van der Waals surface area contributed by atoms with E-state index in [-0.39, 0.29) is 6.61 Å². The van der Waals surface area contributed by atoms with Crippen LogP contribution < -0.4 is 15.4 Å². The Bertz CT molecular complexity index is 581. The fourth-order valence-electron chi connectivity index (χ4n) is 1.74. The number of azo groups is 1.